The number of nitrogens with one attached hydrogen (secondary N) is 1. The number of hydrogen-bond donors (Lipinski definition) is 2. The molecule has 114 valence electrons. The first kappa shape index (κ1) is 15.2. The quantitative estimate of drug-likeness (QED) is 0.614. The molecule has 2 atom stereocenters. The number of hydrogen-bond acceptors (Lipinski definition) is 5. The van der Waals surface area contributed by atoms with Crippen LogP contribution in [-0.4, -0.2) is 28.1 Å². The minimum Gasteiger partial charge on any atom is -0.481 e. The molecule has 21 heavy (non-hydrogen) atoms. The van der Waals surface area contributed by atoms with Gasteiger partial charge in [-0.3, -0.25) is 14.9 Å². The van der Waals surface area contributed by atoms with Crippen LogP contribution >= 0.6 is 0 Å². The Kier molecular flexibility index (Phi) is 4.42. The van der Waals surface area contributed by atoms with Gasteiger partial charge in [-0.1, -0.05) is 0 Å². The maximum atomic E-state index is 11.8. The average molecular weight is 294 g/mol. The maximum absolute atomic E-state index is 11.8. The van der Waals surface area contributed by atoms with Crippen molar-refractivity contribution in [2.45, 2.75) is 44.9 Å². The zero-order valence-electron chi connectivity index (χ0n) is 11.9. The monoisotopic (exact) mass is 294 g/mol. The number of benzene rings is 1. The van der Waals surface area contributed by atoms with Gasteiger partial charge in [-0.05, 0) is 32.8 Å². The van der Waals surface area contributed by atoms with Gasteiger partial charge in [0.25, 0.3) is 11.6 Å². The predicted octanol–water partition coefficient (Wildman–Crippen LogP) is 1.69. The summed E-state index contributed by atoms with van der Waals surface area (Å²) in [5.74, 6) is 0.0430. The Hall–Kier alpha value is -2.15. The van der Waals surface area contributed by atoms with Crippen LogP contribution in [0, 0.1) is 10.1 Å². The Bertz CT molecular complexity index is 554. The summed E-state index contributed by atoms with van der Waals surface area (Å²) in [7, 11) is 0. The van der Waals surface area contributed by atoms with E-state index in [1.807, 2.05) is 0 Å². The van der Waals surface area contributed by atoms with E-state index in [1.54, 1.807) is 6.92 Å². The van der Waals surface area contributed by atoms with Crippen molar-refractivity contribution >= 4 is 11.6 Å². The number of rotatable bonds is 6. The highest BCUT2D eigenvalue weighted by molar-refractivity contribution is 5.81. The molecular weight excluding hydrogens is 276 g/mol. The van der Waals surface area contributed by atoms with Crippen LogP contribution in [0.3, 0.4) is 0 Å². The second-order valence-electron chi connectivity index (χ2n) is 5.20. The molecule has 1 unspecified atom stereocenters. The number of ether oxygens (including phenoxy) is 1. The van der Waals surface area contributed by atoms with Crippen LogP contribution in [-0.2, 0) is 4.79 Å². The van der Waals surface area contributed by atoms with Gasteiger partial charge >= 0.3 is 0 Å². The number of amides is 1. The van der Waals surface area contributed by atoms with Gasteiger partial charge in [0, 0.05) is 23.7 Å². The molecule has 1 saturated carbocycles. The van der Waals surface area contributed by atoms with E-state index in [1.165, 1.54) is 25.1 Å². The first-order valence-corrected chi connectivity index (χ1v) is 6.82. The number of carbonyl (C=O) groups excluding carboxylic acids is 1. The van der Waals surface area contributed by atoms with Crippen molar-refractivity contribution < 1.29 is 19.6 Å². The molecule has 0 radical (unpaired) electrons. The molecule has 7 heteroatoms. The third-order valence-corrected chi connectivity index (χ3v) is 3.25. The van der Waals surface area contributed by atoms with Crippen molar-refractivity contribution in [2.75, 3.05) is 0 Å². The van der Waals surface area contributed by atoms with Crippen LogP contribution < -0.4 is 10.1 Å². The second kappa shape index (κ2) is 6.09. The lowest BCUT2D eigenvalue weighted by atomic mass is 10.1. The summed E-state index contributed by atoms with van der Waals surface area (Å²) in [4.78, 5) is 22.1. The minimum atomic E-state index is -0.932. The molecule has 2 rings (SSSR count). The molecule has 0 aromatic heterocycles. The molecule has 1 aliphatic rings. The van der Waals surface area contributed by atoms with Gasteiger partial charge in [0.05, 0.1) is 11.0 Å². The van der Waals surface area contributed by atoms with Gasteiger partial charge in [0.2, 0.25) is 0 Å². The number of non-ortho nitro benzene ring substituents is 1. The minimum absolute atomic E-state index is 0.131. The highest BCUT2D eigenvalue weighted by atomic mass is 16.6. The van der Waals surface area contributed by atoms with Gasteiger partial charge in [0.1, 0.15) is 5.75 Å². The van der Waals surface area contributed by atoms with E-state index in [0.717, 1.165) is 12.8 Å². The third-order valence-electron chi connectivity index (χ3n) is 3.25. The Morgan fingerprint density at radius 2 is 2.14 bits per heavy atom. The predicted molar refractivity (Wildman–Crippen MR) is 75.0 cm³/mol. The van der Waals surface area contributed by atoms with Gasteiger partial charge in [0.15, 0.2) is 6.10 Å². The zero-order chi connectivity index (χ0) is 15.6. The molecule has 1 fully saturated rings. The number of nitro groups is 1. The Morgan fingerprint density at radius 3 is 2.67 bits per heavy atom. The number of aliphatic hydroxyl groups excluding tert-OH is 1. The molecule has 1 aliphatic carbocycles. The summed E-state index contributed by atoms with van der Waals surface area (Å²) in [6, 6.07) is 4.18. The molecule has 1 aromatic rings. The number of nitrogens with zero attached hydrogens (tertiary/aromatic N) is 1. The van der Waals surface area contributed by atoms with Crippen molar-refractivity contribution in [3.05, 3.63) is 33.9 Å². The maximum Gasteiger partial charge on any atom is 0.270 e. The van der Waals surface area contributed by atoms with E-state index in [9.17, 15) is 20.0 Å². The number of nitro benzene ring substituents is 1. The fourth-order valence-corrected chi connectivity index (χ4v) is 1.87. The van der Waals surface area contributed by atoms with Crippen molar-refractivity contribution in [1.29, 1.82) is 0 Å². The lowest BCUT2D eigenvalue weighted by Crippen LogP contribution is -2.37. The molecule has 0 heterocycles. The summed E-state index contributed by atoms with van der Waals surface area (Å²) < 4.78 is 5.54. The summed E-state index contributed by atoms with van der Waals surface area (Å²) >= 11 is 0. The summed E-state index contributed by atoms with van der Waals surface area (Å²) in [5, 5.41) is 23.3. The van der Waals surface area contributed by atoms with Crippen molar-refractivity contribution in [1.82, 2.24) is 5.32 Å². The lowest BCUT2D eigenvalue weighted by Gasteiger charge is -2.18. The van der Waals surface area contributed by atoms with E-state index in [-0.39, 0.29) is 28.9 Å². The molecule has 0 spiro atoms. The van der Waals surface area contributed by atoms with E-state index < -0.39 is 17.1 Å². The normalized spacial score (nSPS) is 16.9. The Labute approximate surface area is 122 Å². The SMILES string of the molecule is CC(Oc1ccc([N+](=O)[O-])cc1[C@@H](C)O)C(=O)NC1CC1. The zero-order valence-corrected chi connectivity index (χ0v) is 11.9. The van der Waals surface area contributed by atoms with Gasteiger partial charge < -0.3 is 15.2 Å². The van der Waals surface area contributed by atoms with E-state index >= 15 is 0 Å². The highest BCUT2D eigenvalue weighted by Crippen LogP contribution is 2.30. The van der Waals surface area contributed by atoms with E-state index in [0.29, 0.717) is 0 Å². The van der Waals surface area contributed by atoms with Crippen LogP contribution in [0.5, 0.6) is 5.75 Å². The van der Waals surface area contributed by atoms with Gasteiger partial charge in [-0.15, -0.1) is 0 Å². The second-order valence-corrected chi connectivity index (χ2v) is 5.20. The third kappa shape index (κ3) is 3.91. The number of carbonyl (C=O) groups is 1. The molecule has 0 aliphatic heterocycles. The molecule has 0 saturated heterocycles. The summed E-state index contributed by atoms with van der Waals surface area (Å²) in [6.45, 7) is 3.09. The van der Waals surface area contributed by atoms with Crippen molar-refractivity contribution in [2.24, 2.45) is 0 Å². The average Bonchev–Trinajstić information content (AvgIpc) is 3.22. The lowest BCUT2D eigenvalue weighted by molar-refractivity contribution is -0.385. The van der Waals surface area contributed by atoms with Crippen LogP contribution in [0.25, 0.3) is 0 Å². The Morgan fingerprint density at radius 1 is 1.48 bits per heavy atom. The topological polar surface area (TPSA) is 102 Å². The van der Waals surface area contributed by atoms with Crippen molar-refractivity contribution in [3.8, 4) is 5.75 Å². The van der Waals surface area contributed by atoms with Crippen molar-refractivity contribution in [3.63, 3.8) is 0 Å². The molecular formula is C14H18N2O5. The fraction of sp³-hybridized carbons (Fsp3) is 0.500. The molecule has 2 N–H and O–H groups in total. The molecule has 1 amide bonds. The molecule has 7 nitrogen and oxygen atoms in total. The largest absolute Gasteiger partial charge is 0.481 e. The number of aliphatic hydroxyl groups is 1. The fourth-order valence-electron chi connectivity index (χ4n) is 1.87. The van der Waals surface area contributed by atoms with Crippen LogP contribution in [0.1, 0.15) is 38.4 Å². The first-order chi connectivity index (χ1) is 9.88. The standard InChI is InChI=1S/C14H18N2O5/c1-8(17)12-7-11(16(19)20)5-6-13(12)21-9(2)14(18)15-10-3-4-10/h5-10,17H,3-4H2,1-2H3,(H,15,18)/t8-,9?/m1/s1. The highest BCUT2D eigenvalue weighted by Gasteiger charge is 2.27. The summed E-state index contributed by atoms with van der Waals surface area (Å²) in [5.41, 5.74) is 0.156. The Balaban J connectivity index is 2.13. The smallest absolute Gasteiger partial charge is 0.270 e. The van der Waals surface area contributed by atoms with E-state index in [4.69, 9.17) is 4.74 Å². The molecule has 1 aromatic carbocycles. The summed E-state index contributed by atoms with van der Waals surface area (Å²) in [6.07, 6.45) is 0.298. The molecule has 0 bridgehead atoms. The van der Waals surface area contributed by atoms with Crippen LogP contribution in [0.4, 0.5) is 5.69 Å². The van der Waals surface area contributed by atoms with E-state index in [2.05, 4.69) is 5.32 Å². The van der Waals surface area contributed by atoms with Gasteiger partial charge in [-0.25, -0.2) is 0 Å². The first-order valence-electron chi connectivity index (χ1n) is 6.82. The van der Waals surface area contributed by atoms with Gasteiger partial charge in [-0.2, -0.15) is 0 Å². The van der Waals surface area contributed by atoms with Crippen LogP contribution in [0.15, 0.2) is 18.2 Å². The van der Waals surface area contributed by atoms with Crippen LogP contribution in [0.2, 0.25) is 0 Å².